The highest BCUT2D eigenvalue weighted by molar-refractivity contribution is 5.94. The van der Waals surface area contributed by atoms with Gasteiger partial charge in [-0.15, -0.1) is 0 Å². The van der Waals surface area contributed by atoms with Crippen molar-refractivity contribution >= 4 is 11.6 Å². The zero-order valence-corrected chi connectivity index (χ0v) is 12.5. The van der Waals surface area contributed by atoms with Crippen molar-refractivity contribution in [2.75, 3.05) is 6.61 Å². The Morgan fingerprint density at radius 3 is 2.82 bits per heavy atom. The number of nitrogens with zero attached hydrogens (tertiary/aromatic N) is 2. The van der Waals surface area contributed by atoms with Gasteiger partial charge in [-0.05, 0) is 31.4 Å². The summed E-state index contributed by atoms with van der Waals surface area (Å²) in [6.45, 7) is 1.76. The number of carbonyl (C=O) groups is 1. The Balaban J connectivity index is 1.97. The summed E-state index contributed by atoms with van der Waals surface area (Å²) in [5, 5.41) is 12.4. The van der Waals surface area contributed by atoms with E-state index in [1.807, 2.05) is 13.0 Å². The minimum Gasteiger partial charge on any atom is -0.394 e. The molecule has 116 valence electrons. The van der Waals surface area contributed by atoms with E-state index in [0.717, 1.165) is 31.2 Å². The van der Waals surface area contributed by atoms with Gasteiger partial charge in [0.25, 0.3) is 11.5 Å². The summed E-state index contributed by atoms with van der Waals surface area (Å²) in [7, 11) is 0. The number of rotatable bonds is 3. The molecule has 1 fully saturated rings. The molecule has 22 heavy (non-hydrogen) atoms. The number of amides is 1. The number of nitrogens with one attached hydrogen (secondary N) is 1. The molecule has 0 aliphatic heterocycles. The van der Waals surface area contributed by atoms with Gasteiger partial charge in [0.2, 0.25) is 0 Å². The Hall–Kier alpha value is -2.21. The highest BCUT2D eigenvalue weighted by Gasteiger charge is 2.35. The Kier molecular flexibility index (Phi) is 3.70. The molecule has 2 aromatic heterocycles. The number of aliphatic hydroxyl groups is 1. The van der Waals surface area contributed by atoms with Crippen molar-refractivity contribution in [1.82, 2.24) is 14.7 Å². The van der Waals surface area contributed by atoms with E-state index >= 15 is 0 Å². The molecule has 6 nitrogen and oxygen atoms in total. The summed E-state index contributed by atoms with van der Waals surface area (Å²) in [6, 6.07) is 3.60. The van der Waals surface area contributed by atoms with Crippen LogP contribution in [0.5, 0.6) is 0 Å². The van der Waals surface area contributed by atoms with Gasteiger partial charge in [-0.25, -0.2) is 4.98 Å². The monoisotopic (exact) mass is 301 g/mol. The molecule has 0 saturated heterocycles. The average molecular weight is 301 g/mol. The van der Waals surface area contributed by atoms with E-state index in [9.17, 15) is 14.7 Å². The fourth-order valence-corrected chi connectivity index (χ4v) is 3.02. The normalized spacial score (nSPS) is 16.8. The molecule has 1 amide bonds. The summed E-state index contributed by atoms with van der Waals surface area (Å²) in [4.78, 5) is 29.1. The molecule has 0 spiro atoms. The summed E-state index contributed by atoms with van der Waals surface area (Å²) in [5.41, 5.74) is 0.428. The molecular weight excluding hydrogens is 282 g/mol. The Morgan fingerprint density at radius 2 is 2.14 bits per heavy atom. The van der Waals surface area contributed by atoms with Crippen molar-refractivity contribution in [1.29, 1.82) is 0 Å². The molecule has 1 saturated carbocycles. The second kappa shape index (κ2) is 5.53. The standard InChI is InChI=1S/C16H19N3O3/c1-11-4-5-13-17-8-12(15(22)19(13)9-11)14(21)18-16(10-20)6-2-3-7-16/h4-5,8-9,20H,2-3,6-7,10H2,1H3,(H,18,21). The van der Waals surface area contributed by atoms with E-state index in [1.165, 1.54) is 10.6 Å². The first-order valence-corrected chi connectivity index (χ1v) is 7.46. The maximum atomic E-state index is 12.5. The summed E-state index contributed by atoms with van der Waals surface area (Å²) < 4.78 is 1.38. The van der Waals surface area contributed by atoms with Crippen LogP contribution in [0.4, 0.5) is 0 Å². The van der Waals surface area contributed by atoms with E-state index < -0.39 is 17.0 Å². The third kappa shape index (κ3) is 2.50. The minimum atomic E-state index is -0.601. The van der Waals surface area contributed by atoms with Crippen LogP contribution >= 0.6 is 0 Å². The molecule has 0 atom stereocenters. The number of aryl methyl sites for hydroxylation is 1. The number of hydrogen-bond acceptors (Lipinski definition) is 4. The fraction of sp³-hybridized carbons (Fsp3) is 0.438. The first-order chi connectivity index (χ1) is 10.5. The quantitative estimate of drug-likeness (QED) is 0.887. The van der Waals surface area contributed by atoms with E-state index in [0.29, 0.717) is 5.65 Å². The number of carbonyl (C=O) groups excluding carboxylic acids is 1. The predicted molar refractivity (Wildman–Crippen MR) is 82.0 cm³/mol. The molecule has 1 aliphatic carbocycles. The van der Waals surface area contributed by atoms with E-state index in [-0.39, 0.29) is 12.2 Å². The van der Waals surface area contributed by atoms with Crippen molar-refractivity contribution in [2.24, 2.45) is 0 Å². The van der Waals surface area contributed by atoms with Crippen LogP contribution in [0.3, 0.4) is 0 Å². The topological polar surface area (TPSA) is 83.7 Å². The number of aromatic nitrogens is 2. The first kappa shape index (κ1) is 14.7. The smallest absolute Gasteiger partial charge is 0.270 e. The zero-order valence-electron chi connectivity index (χ0n) is 12.5. The van der Waals surface area contributed by atoms with Gasteiger partial charge in [0, 0.05) is 12.4 Å². The van der Waals surface area contributed by atoms with Gasteiger partial charge in [-0.1, -0.05) is 18.9 Å². The van der Waals surface area contributed by atoms with E-state index in [2.05, 4.69) is 10.3 Å². The second-order valence-electron chi connectivity index (χ2n) is 6.01. The van der Waals surface area contributed by atoms with Crippen molar-refractivity contribution in [3.05, 3.63) is 46.0 Å². The Labute approximate surface area is 127 Å². The maximum absolute atomic E-state index is 12.5. The molecular formula is C16H19N3O3. The van der Waals surface area contributed by atoms with Crippen LogP contribution in [0.15, 0.2) is 29.3 Å². The van der Waals surface area contributed by atoms with Crippen LogP contribution in [0.2, 0.25) is 0 Å². The van der Waals surface area contributed by atoms with Gasteiger partial charge in [0.15, 0.2) is 0 Å². The lowest BCUT2D eigenvalue weighted by atomic mass is 9.98. The third-order valence-electron chi connectivity index (χ3n) is 4.34. The van der Waals surface area contributed by atoms with Gasteiger partial charge in [0.05, 0.1) is 12.1 Å². The van der Waals surface area contributed by atoms with E-state index in [4.69, 9.17) is 0 Å². The largest absolute Gasteiger partial charge is 0.394 e. The van der Waals surface area contributed by atoms with Gasteiger partial charge in [-0.2, -0.15) is 0 Å². The molecule has 3 rings (SSSR count). The summed E-state index contributed by atoms with van der Waals surface area (Å²) in [6.07, 6.45) is 6.37. The van der Waals surface area contributed by atoms with Crippen LogP contribution in [0.1, 0.15) is 41.6 Å². The molecule has 0 radical (unpaired) electrons. The highest BCUT2D eigenvalue weighted by Crippen LogP contribution is 2.29. The van der Waals surface area contributed by atoms with Crippen molar-refractivity contribution in [3.8, 4) is 0 Å². The average Bonchev–Trinajstić information content (AvgIpc) is 2.97. The lowest BCUT2D eigenvalue weighted by Crippen LogP contribution is -2.50. The molecule has 0 bridgehead atoms. The maximum Gasteiger partial charge on any atom is 0.270 e. The van der Waals surface area contributed by atoms with Crippen LogP contribution in [-0.2, 0) is 0 Å². The molecule has 0 unspecified atom stereocenters. The number of aliphatic hydroxyl groups excluding tert-OH is 1. The SMILES string of the molecule is Cc1ccc2ncc(C(=O)NC3(CO)CCCC3)c(=O)n2c1. The van der Waals surface area contributed by atoms with Crippen molar-refractivity contribution in [2.45, 2.75) is 38.1 Å². The zero-order chi connectivity index (χ0) is 15.7. The molecule has 6 heteroatoms. The fourth-order valence-electron chi connectivity index (χ4n) is 3.02. The Bertz CT molecular complexity index is 776. The second-order valence-corrected chi connectivity index (χ2v) is 6.01. The molecule has 2 aromatic rings. The minimum absolute atomic E-state index is 0.00262. The van der Waals surface area contributed by atoms with Gasteiger partial charge in [0.1, 0.15) is 11.2 Å². The van der Waals surface area contributed by atoms with Gasteiger partial charge < -0.3 is 10.4 Å². The lowest BCUT2D eigenvalue weighted by molar-refractivity contribution is 0.0836. The predicted octanol–water partition coefficient (Wildman–Crippen LogP) is 1.04. The molecule has 1 aliphatic rings. The number of fused-ring (bicyclic) bond motifs is 1. The van der Waals surface area contributed by atoms with Crippen molar-refractivity contribution in [3.63, 3.8) is 0 Å². The van der Waals surface area contributed by atoms with Crippen LogP contribution in [0, 0.1) is 6.92 Å². The molecule has 0 aromatic carbocycles. The lowest BCUT2D eigenvalue weighted by Gasteiger charge is -2.27. The number of pyridine rings is 1. The van der Waals surface area contributed by atoms with Crippen LogP contribution < -0.4 is 10.9 Å². The summed E-state index contributed by atoms with van der Waals surface area (Å²) >= 11 is 0. The van der Waals surface area contributed by atoms with Gasteiger partial charge >= 0.3 is 0 Å². The Morgan fingerprint density at radius 1 is 1.41 bits per heavy atom. The van der Waals surface area contributed by atoms with Gasteiger partial charge in [-0.3, -0.25) is 14.0 Å². The van der Waals surface area contributed by atoms with Crippen molar-refractivity contribution < 1.29 is 9.90 Å². The highest BCUT2D eigenvalue weighted by atomic mass is 16.3. The van der Waals surface area contributed by atoms with Crippen LogP contribution in [0.25, 0.3) is 5.65 Å². The molecule has 2 N–H and O–H groups in total. The van der Waals surface area contributed by atoms with E-state index in [1.54, 1.807) is 12.3 Å². The third-order valence-corrected chi connectivity index (χ3v) is 4.34. The molecule has 2 heterocycles. The number of hydrogen-bond donors (Lipinski definition) is 2. The van der Waals surface area contributed by atoms with Crippen LogP contribution in [-0.4, -0.2) is 32.5 Å². The summed E-state index contributed by atoms with van der Waals surface area (Å²) in [5.74, 6) is -0.468. The first-order valence-electron chi connectivity index (χ1n) is 7.46.